The number of unbranched alkanes of at least 4 members (excludes halogenated alkanes) is 8. The minimum absolute atomic E-state index is 0.153. The average Bonchev–Trinajstić information content (AvgIpc) is 2.71. The van der Waals surface area contributed by atoms with Crippen molar-refractivity contribution in [1.82, 2.24) is 0 Å². The van der Waals surface area contributed by atoms with Crippen LogP contribution < -0.4 is 0 Å². The second-order valence-corrected chi connectivity index (χ2v) is 7.86. The first kappa shape index (κ1) is 25.2. The van der Waals surface area contributed by atoms with Gasteiger partial charge in [-0.3, -0.25) is 9.59 Å². The molecular formula is C25H40O4. The molecular weight excluding hydrogens is 364 g/mol. The molecule has 0 unspecified atom stereocenters. The van der Waals surface area contributed by atoms with E-state index in [1.165, 1.54) is 38.5 Å². The van der Waals surface area contributed by atoms with Gasteiger partial charge >= 0.3 is 11.9 Å². The van der Waals surface area contributed by atoms with Crippen LogP contribution in [0.5, 0.6) is 0 Å². The maximum atomic E-state index is 12.0. The molecule has 0 atom stereocenters. The van der Waals surface area contributed by atoms with Gasteiger partial charge in [-0.15, -0.1) is 0 Å². The fourth-order valence-corrected chi connectivity index (χ4v) is 3.31. The van der Waals surface area contributed by atoms with E-state index in [4.69, 9.17) is 9.47 Å². The third kappa shape index (κ3) is 11.7. The van der Waals surface area contributed by atoms with Crippen molar-refractivity contribution >= 4 is 11.9 Å². The Bertz CT molecular complexity index is 594. The highest BCUT2D eigenvalue weighted by atomic mass is 16.5. The van der Waals surface area contributed by atoms with Gasteiger partial charge in [-0.1, -0.05) is 83.4 Å². The Morgan fingerprint density at radius 3 is 1.79 bits per heavy atom. The lowest BCUT2D eigenvalue weighted by molar-refractivity contribution is -0.146. The number of hydrogen-bond donors (Lipinski definition) is 0. The highest BCUT2D eigenvalue weighted by Gasteiger charge is 2.11. The third-order valence-electron chi connectivity index (χ3n) is 5.24. The molecule has 4 heteroatoms. The van der Waals surface area contributed by atoms with Crippen molar-refractivity contribution in [3.63, 3.8) is 0 Å². The van der Waals surface area contributed by atoms with Crippen LogP contribution in [0.15, 0.2) is 18.2 Å². The van der Waals surface area contributed by atoms with Gasteiger partial charge in [0.1, 0.15) is 13.2 Å². The normalized spacial score (nSPS) is 10.7. The van der Waals surface area contributed by atoms with E-state index < -0.39 is 0 Å². The summed E-state index contributed by atoms with van der Waals surface area (Å²) in [5.74, 6) is -0.308. The first-order chi connectivity index (χ1) is 14.1. The largest absolute Gasteiger partial charge is 0.461 e. The van der Waals surface area contributed by atoms with E-state index in [1.807, 2.05) is 25.1 Å². The molecule has 0 saturated heterocycles. The molecule has 0 amide bonds. The van der Waals surface area contributed by atoms with Gasteiger partial charge in [0.15, 0.2) is 0 Å². The molecule has 0 aliphatic heterocycles. The molecule has 1 aromatic rings. The first-order valence-corrected chi connectivity index (χ1v) is 11.5. The highest BCUT2D eigenvalue weighted by Crippen LogP contribution is 2.18. The van der Waals surface area contributed by atoms with E-state index in [0.29, 0.717) is 12.8 Å². The standard InChI is InChI=1S/C25H40O4/c1-4-6-8-10-12-17-24(26)28-19-22-16-14-15-21(3)23(22)20-29-25(27)18-13-11-9-7-5-2/h14-16H,4-13,17-20H2,1-3H3. The minimum Gasteiger partial charge on any atom is -0.461 e. The fraction of sp³-hybridized carbons (Fsp3) is 0.680. The monoisotopic (exact) mass is 404 g/mol. The fourth-order valence-electron chi connectivity index (χ4n) is 3.31. The summed E-state index contributed by atoms with van der Waals surface area (Å²) < 4.78 is 10.9. The van der Waals surface area contributed by atoms with Crippen LogP contribution in [-0.4, -0.2) is 11.9 Å². The summed E-state index contributed by atoms with van der Waals surface area (Å²) >= 11 is 0. The zero-order valence-corrected chi connectivity index (χ0v) is 18.8. The average molecular weight is 405 g/mol. The van der Waals surface area contributed by atoms with Crippen LogP contribution in [0.1, 0.15) is 108 Å². The maximum Gasteiger partial charge on any atom is 0.306 e. The van der Waals surface area contributed by atoms with Crippen molar-refractivity contribution in [3.8, 4) is 0 Å². The van der Waals surface area contributed by atoms with Gasteiger partial charge in [-0.05, 0) is 36.5 Å². The maximum absolute atomic E-state index is 12.0. The molecule has 0 aromatic heterocycles. The number of carbonyl (C=O) groups excluding carboxylic acids is 2. The molecule has 0 aliphatic carbocycles. The van der Waals surface area contributed by atoms with Crippen LogP contribution in [0.3, 0.4) is 0 Å². The molecule has 164 valence electrons. The van der Waals surface area contributed by atoms with Crippen LogP contribution in [0, 0.1) is 6.92 Å². The molecule has 0 radical (unpaired) electrons. The second kappa shape index (κ2) is 16.0. The number of aryl methyl sites for hydroxylation is 1. The highest BCUT2D eigenvalue weighted by molar-refractivity contribution is 5.70. The molecule has 0 bridgehead atoms. The van der Waals surface area contributed by atoms with Gasteiger partial charge < -0.3 is 9.47 Å². The Hall–Kier alpha value is -1.84. The summed E-state index contributed by atoms with van der Waals surface area (Å²) in [6, 6.07) is 5.88. The topological polar surface area (TPSA) is 52.6 Å². The molecule has 1 aromatic carbocycles. The van der Waals surface area contributed by atoms with Gasteiger partial charge in [-0.2, -0.15) is 0 Å². The molecule has 0 aliphatic rings. The molecule has 0 fully saturated rings. The predicted octanol–water partition coefficient (Wildman–Crippen LogP) is 6.80. The predicted molar refractivity (Wildman–Crippen MR) is 118 cm³/mol. The number of hydrogen-bond acceptors (Lipinski definition) is 4. The van der Waals surface area contributed by atoms with Crippen LogP contribution in [0.4, 0.5) is 0 Å². The zero-order chi connectivity index (χ0) is 21.3. The van der Waals surface area contributed by atoms with E-state index in [1.54, 1.807) is 0 Å². The zero-order valence-electron chi connectivity index (χ0n) is 18.8. The van der Waals surface area contributed by atoms with Crippen molar-refractivity contribution in [1.29, 1.82) is 0 Å². The quantitative estimate of drug-likeness (QED) is 0.224. The molecule has 1 rings (SSSR count). The molecule has 4 nitrogen and oxygen atoms in total. The van der Waals surface area contributed by atoms with E-state index in [9.17, 15) is 9.59 Å². The van der Waals surface area contributed by atoms with Gasteiger partial charge in [0, 0.05) is 12.8 Å². The van der Waals surface area contributed by atoms with Gasteiger partial charge in [0.2, 0.25) is 0 Å². The molecule has 0 heterocycles. The van der Waals surface area contributed by atoms with E-state index in [2.05, 4.69) is 13.8 Å². The summed E-state index contributed by atoms with van der Waals surface area (Å²) in [5, 5.41) is 0. The lowest BCUT2D eigenvalue weighted by atomic mass is 10.0. The van der Waals surface area contributed by atoms with Crippen molar-refractivity contribution in [2.75, 3.05) is 0 Å². The van der Waals surface area contributed by atoms with Gasteiger partial charge in [-0.25, -0.2) is 0 Å². The van der Waals surface area contributed by atoms with E-state index in [0.717, 1.165) is 42.4 Å². The lowest BCUT2D eigenvalue weighted by Gasteiger charge is -2.14. The number of benzene rings is 1. The van der Waals surface area contributed by atoms with Crippen molar-refractivity contribution in [3.05, 3.63) is 34.9 Å². The second-order valence-electron chi connectivity index (χ2n) is 7.86. The van der Waals surface area contributed by atoms with Crippen LogP contribution in [-0.2, 0) is 32.3 Å². The summed E-state index contributed by atoms with van der Waals surface area (Å²) in [6.45, 7) is 6.83. The van der Waals surface area contributed by atoms with Gasteiger partial charge in [0.05, 0.1) is 0 Å². The molecule has 0 spiro atoms. The van der Waals surface area contributed by atoms with Crippen LogP contribution >= 0.6 is 0 Å². The Labute approximate surface area is 177 Å². The lowest BCUT2D eigenvalue weighted by Crippen LogP contribution is -2.10. The Balaban J connectivity index is 2.40. The smallest absolute Gasteiger partial charge is 0.306 e. The van der Waals surface area contributed by atoms with Crippen molar-refractivity contribution in [2.24, 2.45) is 0 Å². The van der Waals surface area contributed by atoms with Crippen molar-refractivity contribution in [2.45, 2.75) is 111 Å². The molecule has 0 saturated carbocycles. The molecule has 29 heavy (non-hydrogen) atoms. The van der Waals surface area contributed by atoms with Crippen molar-refractivity contribution < 1.29 is 19.1 Å². The Morgan fingerprint density at radius 2 is 1.24 bits per heavy atom. The summed E-state index contributed by atoms with van der Waals surface area (Å²) in [7, 11) is 0. The molecule has 0 N–H and O–H groups in total. The minimum atomic E-state index is -0.155. The summed E-state index contributed by atoms with van der Waals surface area (Å²) in [5.41, 5.74) is 2.91. The Morgan fingerprint density at radius 1 is 0.724 bits per heavy atom. The third-order valence-corrected chi connectivity index (χ3v) is 5.24. The summed E-state index contributed by atoms with van der Waals surface area (Å²) in [4.78, 5) is 24.0. The summed E-state index contributed by atoms with van der Waals surface area (Å²) in [6.07, 6.45) is 12.1. The number of esters is 2. The van der Waals surface area contributed by atoms with Gasteiger partial charge in [0.25, 0.3) is 0 Å². The first-order valence-electron chi connectivity index (χ1n) is 11.5. The van der Waals surface area contributed by atoms with E-state index >= 15 is 0 Å². The van der Waals surface area contributed by atoms with Crippen LogP contribution in [0.25, 0.3) is 0 Å². The Kier molecular flexibility index (Phi) is 13.9. The number of ether oxygens (including phenoxy) is 2. The number of rotatable bonds is 16. The van der Waals surface area contributed by atoms with E-state index in [-0.39, 0.29) is 25.2 Å². The SMILES string of the molecule is CCCCCCCC(=O)OCc1cccc(C)c1COC(=O)CCCCCCC. The number of carbonyl (C=O) groups is 2. The van der Waals surface area contributed by atoms with Crippen LogP contribution in [0.2, 0.25) is 0 Å².